The summed E-state index contributed by atoms with van der Waals surface area (Å²) in [6.45, 7) is 3.95. The molecule has 1 atom stereocenters. The highest BCUT2D eigenvalue weighted by Gasteiger charge is 2.28. The summed E-state index contributed by atoms with van der Waals surface area (Å²) in [5.41, 5.74) is 1.32. The van der Waals surface area contributed by atoms with Crippen LogP contribution >= 0.6 is 23.1 Å². The van der Waals surface area contributed by atoms with E-state index >= 15 is 0 Å². The Hall–Kier alpha value is -2.19. The van der Waals surface area contributed by atoms with Crippen LogP contribution in [0.3, 0.4) is 0 Å². The molecule has 28 heavy (non-hydrogen) atoms. The number of hydrogen-bond donors (Lipinski definition) is 2. The molecule has 2 N–H and O–H groups in total. The first-order chi connectivity index (χ1) is 13.4. The van der Waals surface area contributed by atoms with E-state index in [-0.39, 0.29) is 29.1 Å². The molecule has 8 heteroatoms. The molecule has 4 rings (SSSR count). The molecule has 5 nitrogen and oxygen atoms in total. The molecule has 1 aromatic carbocycles. The number of thioether (sulfide) groups is 1. The van der Waals surface area contributed by atoms with Gasteiger partial charge >= 0.3 is 0 Å². The molecule has 0 radical (unpaired) electrons. The maximum Gasteiger partial charge on any atom is 0.260 e. The molecule has 1 fully saturated rings. The first-order valence-corrected chi connectivity index (χ1v) is 10.9. The maximum absolute atomic E-state index is 13.2. The topological polar surface area (TPSA) is 74.8 Å². The summed E-state index contributed by atoms with van der Waals surface area (Å²) in [5.74, 6) is 0.436. The Balaban J connectivity index is 1.56. The maximum atomic E-state index is 13.2. The Morgan fingerprint density at radius 1 is 1.39 bits per heavy atom. The molecule has 0 saturated heterocycles. The number of rotatable bonds is 6. The fourth-order valence-corrected chi connectivity index (χ4v) is 5.05. The summed E-state index contributed by atoms with van der Waals surface area (Å²) in [6, 6.07) is 6.28. The molecule has 0 spiro atoms. The molecule has 2 heterocycles. The average Bonchev–Trinajstić information content (AvgIpc) is 3.44. The molecule has 3 aromatic rings. The van der Waals surface area contributed by atoms with Gasteiger partial charge in [-0.15, -0.1) is 11.3 Å². The molecule has 0 bridgehead atoms. The van der Waals surface area contributed by atoms with Crippen molar-refractivity contribution in [2.24, 2.45) is 5.92 Å². The molecule has 2 aromatic heterocycles. The smallest absolute Gasteiger partial charge is 0.260 e. The minimum atomic E-state index is -0.319. The number of aromatic amines is 1. The zero-order valence-corrected chi connectivity index (χ0v) is 17.2. The SMILES string of the molecule is Cc1sc2nc(SCC(=O)N[C@H](C)C3CC3)[nH]c(=O)c2c1-c1ccc(F)cc1. The fourth-order valence-electron chi connectivity index (χ4n) is 3.28. The van der Waals surface area contributed by atoms with Gasteiger partial charge in [0.05, 0.1) is 11.1 Å². The Kier molecular flexibility index (Phi) is 5.25. The number of thiophene rings is 1. The summed E-state index contributed by atoms with van der Waals surface area (Å²) < 4.78 is 13.2. The van der Waals surface area contributed by atoms with Gasteiger partial charge < -0.3 is 10.3 Å². The Labute approximate surface area is 169 Å². The highest BCUT2D eigenvalue weighted by Crippen LogP contribution is 2.36. The van der Waals surface area contributed by atoms with E-state index in [4.69, 9.17) is 0 Å². The summed E-state index contributed by atoms with van der Waals surface area (Å²) in [7, 11) is 0. The minimum absolute atomic E-state index is 0.0542. The van der Waals surface area contributed by atoms with Gasteiger partial charge in [0.2, 0.25) is 5.91 Å². The highest BCUT2D eigenvalue weighted by molar-refractivity contribution is 7.99. The second kappa shape index (κ2) is 7.67. The van der Waals surface area contributed by atoms with Crippen LogP contribution in [-0.2, 0) is 4.79 Å². The quantitative estimate of drug-likeness (QED) is 0.468. The van der Waals surface area contributed by atoms with Crippen molar-refractivity contribution in [1.82, 2.24) is 15.3 Å². The number of carbonyl (C=O) groups is 1. The summed E-state index contributed by atoms with van der Waals surface area (Å²) >= 11 is 2.65. The van der Waals surface area contributed by atoms with E-state index in [0.29, 0.717) is 21.3 Å². The van der Waals surface area contributed by atoms with Crippen molar-refractivity contribution in [1.29, 1.82) is 0 Å². The van der Waals surface area contributed by atoms with Gasteiger partial charge in [-0.1, -0.05) is 23.9 Å². The van der Waals surface area contributed by atoms with Crippen molar-refractivity contribution < 1.29 is 9.18 Å². The summed E-state index contributed by atoms with van der Waals surface area (Å²) in [6.07, 6.45) is 2.35. The van der Waals surface area contributed by atoms with Crippen LogP contribution in [0.25, 0.3) is 21.3 Å². The zero-order valence-electron chi connectivity index (χ0n) is 15.5. The van der Waals surface area contributed by atoms with Crippen molar-refractivity contribution in [2.45, 2.75) is 37.9 Å². The molecular formula is C20H20FN3O2S2. The van der Waals surface area contributed by atoms with Crippen molar-refractivity contribution >= 4 is 39.2 Å². The number of nitrogens with one attached hydrogen (secondary N) is 2. The van der Waals surface area contributed by atoms with Crippen LogP contribution in [0.4, 0.5) is 4.39 Å². The van der Waals surface area contributed by atoms with Crippen LogP contribution in [0, 0.1) is 18.7 Å². The Bertz CT molecular complexity index is 1090. The van der Waals surface area contributed by atoms with E-state index in [2.05, 4.69) is 15.3 Å². The van der Waals surface area contributed by atoms with Gasteiger partial charge in [0.25, 0.3) is 5.56 Å². The molecule has 1 amide bonds. The monoisotopic (exact) mass is 417 g/mol. The normalized spacial score (nSPS) is 15.0. The third-order valence-corrected chi connectivity index (χ3v) is 6.78. The number of nitrogens with zero attached hydrogens (tertiary/aromatic N) is 1. The Morgan fingerprint density at radius 2 is 2.11 bits per heavy atom. The second-order valence-electron chi connectivity index (χ2n) is 7.07. The van der Waals surface area contributed by atoms with Crippen molar-refractivity contribution in [3.8, 4) is 11.1 Å². The second-order valence-corrected chi connectivity index (χ2v) is 9.24. The van der Waals surface area contributed by atoms with Crippen molar-refractivity contribution in [2.75, 3.05) is 5.75 Å². The third-order valence-electron chi connectivity index (χ3n) is 4.91. The number of amides is 1. The lowest BCUT2D eigenvalue weighted by molar-refractivity contribution is -0.119. The standard InChI is InChI=1S/C20H20FN3O2S2/c1-10(12-3-4-12)22-15(25)9-27-20-23-18(26)17-16(11(2)28-19(17)24-20)13-5-7-14(21)8-6-13/h5-8,10,12H,3-4,9H2,1-2H3,(H,22,25)(H,23,24,26)/t10-/m1/s1. The highest BCUT2D eigenvalue weighted by atomic mass is 32.2. The number of aryl methyl sites for hydroxylation is 1. The largest absolute Gasteiger partial charge is 0.353 e. The summed E-state index contributed by atoms with van der Waals surface area (Å²) in [4.78, 5) is 33.7. The molecule has 0 unspecified atom stereocenters. The first kappa shape index (κ1) is 19.1. The molecular weight excluding hydrogens is 397 g/mol. The Morgan fingerprint density at radius 3 is 2.79 bits per heavy atom. The van der Waals surface area contributed by atoms with E-state index in [1.165, 1.54) is 48.1 Å². The number of carbonyl (C=O) groups excluding carboxylic acids is 1. The third kappa shape index (κ3) is 3.98. The van der Waals surface area contributed by atoms with Crippen LogP contribution in [-0.4, -0.2) is 27.7 Å². The molecule has 0 aliphatic heterocycles. The number of halogens is 1. The average molecular weight is 418 g/mol. The lowest BCUT2D eigenvalue weighted by Gasteiger charge is -2.12. The first-order valence-electron chi connectivity index (χ1n) is 9.14. The fraction of sp³-hybridized carbons (Fsp3) is 0.350. The predicted molar refractivity (Wildman–Crippen MR) is 111 cm³/mol. The number of aromatic nitrogens is 2. The molecule has 1 saturated carbocycles. The van der Waals surface area contributed by atoms with Crippen LogP contribution in [0.1, 0.15) is 24.6 Å². The number of hydrogen-bond acceptors (Lipinski definition) is 5. The van der Waals surface area contributed by atoms with E-state index in [1.54, 1.807) is 12.1 Å². The van der Waals surface area contributed by atoms with Crippen molar-refractivity contribution in [3.63, 3.8) is 0 Å². The number of benzene rings is 1. The van der Waals surface area contributed by atoms with E-state index in [1.807, 2.05) is 13.8 Å². The van der Waals surface area contributed by atoms with Gasteiger partial charge in [0, 0.05) is 16.5 Å². The van der Waals surface area contributed by atoms with Gasteiger partial charge in [-0.25, -0.2) is 9.37 Å². The van der Waals surface area contributed by atoms with Crippen LogP contribution < -0.4 is 10.9 Å². The van der Waals surface area contributed by atoms with Gasteiger partial charge in [-0.3, -0.25) is 9.59 Å². The van der Waals surface area contributed by atoms with Crippen LogP contribution in [0.5, 0.6) is 0 Å². The number of H-pyrrole nitrogens is 1. The summed E-state index contributed by atoms with van der Waals surface area (Å²) in [5, 5.41) is 3.93. The van der Waals surface area contributed by atoms with Crippen LogP contribution in [0.15, 0.2) is 34.2 Å². The zero-order chi connectivity index (χ0) is 19.8. The van der Waals surface area contributed by atoms with Crippen molar-refractivity contribution in [3.05, 3.63) is 45.3 Å². The lowest BCUT2D eigenvalue weighted by atomic mass is 10.0. The van der Waals surface area contributed by atoms with Crippen LogP contribution in [0.2, 0.25) is 0 Å². The molecule has 1 aliphatic carbocycles. The van der Waals surface area contributed by atoms with Gasteiger partial charge in [-0.2, -0.15) is 0 Å². The van der Waals surface area contributed by atoms with E-state index in [0.717, 1.165) is 16.0 Å². The van der Waals surface area contributed by atoms with E-state index < -0.39 is 0 Å². The minimum Gasteiger partial charge on any atom is -0.353 e. The lowest BCUT2D eigenvalue weighted by Crippen LogP contribution is -2.35. The molecule has 1 aliphatic rings. The van der Waals surface area contributed by atoms with Gasteiger partial charge in [0.1, 0.15) is 10.6 Å². The number of fused-ring (bicyclic) bond motifs is 1. The van der Waals surface area contributed by atoms with E-state index in [9.17, 15) is 14.0 Å². The van der Waals surface area contributed by atoms with Gasteiger partial charge in [0.15, 0.2) is 5.16 Å². The van der Waals surface area contributed by atoms with Gasteiger partial charge in [-0.05, 0) is 50.3 Å². The predicted octanol–water partition coefficient (Wildman–Crippen LogP) is 4.11. The molecule has 146 valence electrons.